The standard InChI is InChI=1S/C17H24N4O4/c1-17(2,3)23-10-12-9-13(19-25-12)16(22)21-8-6-4-5-7-14(21)15-18-11-24-20-15/h9,11,14H,4-8,10H2,1-3H3/t14-/m1/s1. The van der Waals surface area contributed by atoms with E-state index in [-0.39, 0.29) is 29.9 Å². The molecule has 0 radical (unpaired) electrons. The minimum atomic E-state index is -0.286. The fourth-order valence-corrected chi connectivity index (χ4v) is 2.86. The van der Waals surface area contributed by atoms with Gasteiger partial charge in [0.2, 0.25) is 6.39 Å². The molecule has 8 heteroatoms. The highest BCUT2D eigenvalue weighted by molar-refractivity contribution is 5.92. The molecular weight excluding hydrogens is 324 g/mol. The zero-order valence-electron chi connectivity index (χ0n) is 14.9. The highest BCUT2D eigenvalue weighted by atomic mass is 16.5. The number of likely N-dealkylation sites (tertiary alicyclic amines) is 1. The van der Waals surface area contributed by atoms with Gasteiger partial charge in [-0.1, -0.05) is 23.2 Å². The Hall–Kier alpha value is -2.22. The van der Waals surface area contributed by atoms with Gasteiger partial charge in [-0.15, -0.1) is 0 Å². The molecular formula is C17H24N4O4. The maximum Gasteiger partial charge on any atom is 0.276 e. The Labute approximate surface area is 146 Å². The molecule has 136 valence electrons. The molecule has 1 aliphatic heterocycles. The summed E-state index contributed by atoms with van der Waals surface area (Å²) in [6.45, 7) is 6.79. The first kappa shape index (κ1) is 17.6. The predicted molar refractivity (Wildman–Crippen MR) is 87.6 cm³/mol. The van der Waals surface area contributed by atoms with Gasteiger partial charge >= 0.3 is 0 Å². The summed E-state index contributed by atoms with van der Waals surface area (Å²) in [6.07, 6.45) is 5.13. The SMILES string of the molecule is CC(C)(C)OCc1cc(C(=O)N2CCCCC[C@@H]2c2ncon2)no1. The van der Waals surface area contributed by atoms with Crippen LogP contribution in [-0.4, -0.2) is 38.3 Å². The summed E-state index contributed by atoms with van der Waals surface area (Å²) < 4.78 is 15.8. The molecule has 3 heterocycles. The van der Waals surface area contributed by atoms with Crippen molar-refractivity contribution in [3.8, 4) is 0 Å². The van der Waals surface area contributed by atoms with Crippen molar-refractivity contribution in [2.75, 3.05) is 6.54 Å². The smallest absolute Gasteiger partial charge is 0.276 e. The van der Waals surface area contributed by atoms with E-state index in [0.717, 1.165) is 25.7 Å². The average molecular weight is 348 g/mol. The van der Waals surface area contributed by atoms with Crippen LogP contribution in [0.3, 0.4) is 0 Å². The van der Waals surface area contributed by atoms with Gasteiger partial charge in [0.1, 0.15) is 6.61 Å². The molecule has 1 amide bonds. The van der Waals surface area contributed by atoms with Crippen LogP contribution >= 0.6 is 0 Å². The lowest BCUT2D eigenvalue weighted by Gasteiger charge is -2.26. The van der Waals surface area contributed by atoms with Crippen LogP contribution in [0.15, 0.2) is 21.5 Å². The summed E-state index contributed by atoms with van der Waals surface area (Å²) >= 11 is 0. The largest absolute Gasteiger partial charge is 0.368 e. The molecule has 0 aromatic carbocycles. The van der Waals surface area contributed by atoms with Crippen molar-refractivity contribution in [3.63, 3.8) is 0 Å². The minimum Gasteiger partial charge on any atom is -0.368 e. The summed E-state index contributed by atoms with van der Waals surface area (Å²) in [4.78, 5) is 18.9. The van der Waals surface area contributed by atoms with E-state index in [1.807, 2.05) is 20.8 Å². The summed E-state index contributed by atoms with van der Waals surface area (Å²) in [7, 11) is 0. The molecule has 0 aliphatic carbocycles. The first-order valence-corrected chi connectivity index (χ1v) is 8.61. The van der Waals surface area contributed by atoms with Crippen LogP contribution in [0.5, 0.6) is 0 Å². The van der Waals surface area contributed by atoms with Crippen molar-refractivity contribution in [1.82, 2.24) is 20.2 Å². The Morgan fingerprint density at radius 3 is 2.88 bits per heavy atom. The number of rotatable bonds is 4. The van der Waals surface area contributed by atoms with Crippen LogP contribution in [-0.2, 0) is 11.3 Å². The minimum absolute atomic E-state index is 0.178. The van der Waals surface area contributed by atoms with Crippen molar-refractivity contribution >= 4 is 5.91 Å². The predicted octanol–water partition coefficient (Wildman–Crippen LogP) is 3.13. The fourth-order valence-electron chi connectivity index (χ4n) is 2.86. The van der Waals surface area contributed by atoms with Gasteiger partial charge < -0.3 is 18.7 Å². The first-order chi connectivity index (χ1) is 11.9. The zero-order chi connectivity index (χ0) is 17.9. The number of hydrogen-bond donors (Lipinski definition) is 0. The molecule has 25 heavy (non-hydrogen) atoms. The van der Waals surface area contributed by atoms with Crippen molar-refractivity contribution < 1.29 is 18.6 Å². The summed E-state index contributed by atoms with van der Waals surface area (Å²) in [5.41, 5.74) is -0.00578. The number of aromatic nitrogens is 3. The number of amides is 1. The Kier molecular flexibility index (Phi) is 5.17. The Balaban J connectivity index is 1.75. The van der Waals surface area contributed by atoms with E-state index >= 15 is 0 Å². The maximum absolute atomic E-state index is 12.9. The molecule has 0 saturated carbocycles. The topological polar surface area (TPSA) is 94.5 Å². The van der Waals surface area contributed by atoms with Gasteiger partial charge in [-0.25, -0.2) is 0 Å². The van der Waals surface area contributed by atoms with E-state index in [2.05, 4.69) is 15.3 Å². The molecule has 0 spiro atoms. The van der Waals surface area contributed by atoms with E-state index in [0.29, 0.717) is 18.1 Å². The number of nitrogens with zero attached hydrogens (tertiary/aromatic N) is 4. The molecule has 2 aromatic rings. The van der Waals surface area contributed by atoms with Crippen molar-refractivity contribution in [2.24, 2.45) is 0 Å². The second kappa shape index (κ2) is 7.35. The number of hydrogen-bond acceptors (Lipinski definition) is 7. The van der Waals surface area contributed by atoms with E-state index in [9.17, 15) is 4.79 Å². The number of ether oxygens (including phenoxy) is 1. The van der Waals surface area contributed by atoms with E-state index < -0.39 is 0 Å². The summed E-state index contributed by atoms with van der Waals surface area (Å²) in [6, 6.07) is 1.45. The van der Waals surface area contributed by atoms with Crippen LogP contribution in [0.1, 0.15) is 74.6 Å². The lowest BCUT2D eigenvalue weighted by Crippen LogP contribution is -2.35. The molecule has 1 saturated heterocycles. The second-order valence-corrected chi connectivity index (χ2v) is 7.23. The van der Waals surface area contributed by atoms with Crippen molar-refractivity contribution in [2.45, 2.75) is 64.7 Å². The third-order valence-electron chi connectivity index (χ3n) is 4.12. The second-order valence-electron chi connectivity index (χ2n) is 7.23. The van der Waals surface area contributed by atoms with Gasteiger partial charge in [0.05, 0.1) is 11.6 Å². The molecule has 1 aliphatic rings. The van der Waals surface area contributed by atoms with Gasteiger partial charge in [-0.3, -0.25) is 4.79 Å². The van der Waals surface area contributed by atoms with Gasteiger partial charge in [0.15, 0.2) is 17.3 Å². The molecule has 8 nitrogen and oxygen atoms in total. The zero-order valence-corrected chi connectivity index (χ0v) is 14.9. The highest BCUT2D eigenvalue weighted by Gasteiger charge is 2.32. The lowest BCUT2D eigenvalue weighted by atomic mass is 10.1. The quantitative estimate of drug-likeness (QED) is 0.837. The normalized spacial score (nSPS) is 19.0. The lowest BCUT2D eigenvalue weighted by molar-refractivity contribution is -0.0241. The van der Waals surface area contributed by atoms with Crippen LogP contribution in [0.4, 0.5) is 0 Å². The Bertz CT molecular complexity index is 690. The molecule has 0 bridgehead atoms. The monoisotopic (exact) mass is 348 g/mol. The third kappa shape index (κ3) is 4.45. The Morgan fingerprint density at radius 2 is 2.16 bits per heavy atom. The van der Waals surface area contributed by atoms with E-state index in [1.165, 1.54) is 6.39 Å². The van der Waals surface area contributed by atoms with Gasteiger partial charge in [0, 0.05) is 12.6 Å². The Morgan fingerprint density at radius 1 is 1.32 bits per heavy atom. The van der Waals surface area contributed by atoms with Crippen molar-refractivity contribution in [1.29, 1.82) is 0 Å². The highest BCUT2D eigenvalue weighted by Crippen LogP contribution is 2.29. The molecule has 0 N–H and O–H groups in total. The van der Waals surface area contributed by atoms with Crippen LogP contribution in [0.2, 0.25) is 0 Å². The van der Waals surface area contributed by atoms with Gasteiger partial charge in [-0.2, -0.15) is 4.98 Å². The number of carbonyl (C=O) groups is 1. The maximum atomic E-state index is 12.9. The molecule has 1 atom stereocenters. The molecule has 3 rings (SSSR count). The fraction of sp³-hybridized carbons (Fsp3) is 0.647. The van der Waals surface area contributed by atoms with E-state index in [4.69, 9.17) is 13.8 Å². The summed E-state index contributed by atoms with van der Waals surface area (Å²) in [5.74, 6) is 0.890. The third-order valence-corrected chi connectivity index (χ3v) is 4.12. The number of carbonyl (C=O) groups excluding carboxylic acids is 1. The van der Waals surface area contributed by atoms with E-state index in [1.54, 1.807) is 11.0 Å². The van der Waals surface area contributed by atoms with Crippen LogP contribution < -0.4 is 0 Å². The van der Waals surface area contributed by atoms with Gasteiger partial charge in [-0.05, 0) is 33.6 Å². The molecule has 2 aromatic heterocycles. The van der Waals surface area contributed by atoms with Crippen LogP contribution in [0, 0.1) is 0 Å². The molecule has 0 unspecified atom stereocenters. The van der Waals surface area contributed by atoms with Crippen LogP contribution in [0.25, 0.3) is 0 Å². The van der Waals surface area contributed by atoms with Crippen molar-refractivity contribution in [3.05, 3.63) is 29.7 Å². The average Bonchev–Trinajstić information content (AvgIpc) is 3.19. The first-order valence-electron chi connectivity index (χ1n) is 8.61. The molecule has 1 fully saturated rings. The summed E-state index contributed by atoms with van der Waals surface area (Å²) in [5, 5.41) is 7.85. The van der Waals surface area contributed by atoms with Gasteiger partial charge in [0.25, 0.3) is 5.91 Å².